The number of carbonyl (C=O) groups excluding carboxylic acids is 5. The number of aliphatic imine (C=N–C) groups is 1. The minimum atomic E-state index is -1.33. The molecule has 0 saturated carbocycles. The number of rotatable bonds is 7. The molecular formula is C26H30N2O10S. The molecule has 12 nitrogen and oxygen atoms in total. The van der Waals surface area contributed by atoms with Crippen molar-refractivity contribution >= 4 is 52.4 Å². The molecule has 0 aliphatic carbocycles. The number of allylic oxidation sites excluding steroid dienone is 1. The van der Waals surface area contributed by atoms with Gasteiger partial charge < -0.3 is 23.7 Å². The third kappa shape index (κ3) is 7.45. The lowest BCUT2D eigenvalue weighted by Gasteiger charge is -2.44. The molecule has 1 saturated heterocycles. The number of anilines is 1. The number of nitrogens with zero attached hydrogens (tertiary/aromatic N) is 2. The van der Waals surface area contributed by atoms with Crippen LogP contribution in [0.4, 0.5) is 5.69 Å². The van der Waals surface area contributed by atoms with Gasteiger partial charge in [0.05, 0.1) is 5.69 Å². The van der Waals surface area contributed by atoms with Crippen LogP contribution in [0, 0.1) is 0 Å². The van der Waals surface area contributed by atoms with Gasteiger partial charge in [0.25, 0.3) is 5.91 Å². The van der Waals surface area contributed by atoms with Crippen molar-refractivity contribution in [3.8, 4) is 0 Å². The van der Waals surface area contributed by atoms with Gasteiger partial charge in [0, 0.05) is 27.7 Å². The molecule has 0 N–H and O–H groups in total. The third-order valence-electron chi connectivity index (χ3n) is 5.46. The molecule has 0 unspecified atom stereocenters. The summed E-state index contributed by atoms with van der Waals surface area (Å²) in [6, 6.07) is 8.79. The molecule has 3 rings (SSSR count). The van der Waals surface area contributed by atoms with E-state index in [4.69, 9.17) is 23.7 Å². The SMILES string of the molecule is CC(=O)OC[C@@H]1O[C@H](SC2=NC(=C(C)C)C(=O)N2c2ccccc2)[C@H](OC(C)=O)[C@@H](OC(C)=O)[C@H]1OC(C)=O. The van der Waals surface area contributed by atoms with Crippen LogP contribution in [0.1, 0.15) is 41.5 Å². The number of hydrogen-bond acceptors (Lipinski definition) is 12. The Balaban J connectivity index is 2.08. The van der Waals surface area contributed by atoms with E-state index in [1.54, 1.807) is 44.2 Å². The number of hydrogen-bond donors (Lipinski definition) is 0. The first-order chi connectivity index (χ1) is 18.4. The molecular weight excluding hydrogens is 532 g/mol. The van der Waals surface area contributed by atoms with Gasteiger partial charge in [-0.15, -0.1) is 0 Å². The van der Waals surface area contributed by atoms with E-state index in [1.807, 2.05) is 0 Å². The molecule has 1 aromatic carbocycles. The van der Waals surface area contributed by atoms with Gasteiger partial charge in [0.2, 0.25) is 0 Å². The molecule has 0 bridgehead atoms. The van der Waals surface area contributed by atoms with Crippen molar-refractivity contribution in [2.45, 2.75) is 71.4 Å². The molecule has 1 fully saturated rings. The fourth-order valence-electron chi connectivity index (χ4n) is 3.98. The van der Waals surface area contributed by atoms with Crippen LogP contribution in [-0.2, 0) is 47.7 Å². The Morgan fingerprint density at radius 2 is 1.41 bits per heavy atom. The summed E-state index contributed by atoms with van der Waals surface area (Å²) in [6.45, 7) is 7.79. The molecule has 39 heavy (non-hydrogen) atoms. The topological polar surface area (TPSA) is 147 Å². The van der Waals surface area contributed by atoms with Gasteiger partial charge in [-0.05, 0) is 31.6 Å². The van der Waals surface area contributed by atoms with Crippen LogP contribution < -0.4 is 4.90 Å². The van der Waals surface area contributed by atoms with E-state index < -0.39 is 53.7 Å². The van der Waals surface area contributed by atoms with Crippen molar-refractivity contribution in [1.29, 1.82) is 0 Å². The van der Waals surface area contributed by atoms with Crippen LogP contribution in [0.25, 0.3) is 0 Å². The highest BCUT2D eigenvalue weighted by atomic mass is 32.2. The quantitative estimate of drug-likeness (QED) is 0.274. The van der Waals surface area contributed by atoms with Crippen LogP contribution in [0.15, 0.2) is 46.6 Å². The lowest BCUT2D eigenvalue weighted by molar-refractivity contribution is -0.237. The molecule has 2 aliphatic rings. The molecule has 0 radical (unpaired) electrons. The second kappa shape index (κ2) is 12.9. The van der Waals surface area contributed by atoms with Crippen molar-refractivity contribution in [3.05, 3.63) is 41.6 Å². The molecule has 210 valence electrons. The van der Waals surface area contributed by atoms with Crippen molar-refractivity contribution in [1.82, 2.24) is 0 Å². The summed E-state index contributed by atoms with van der Waals surface area (Å²) >= 11 is 0.945. The fourth-order valence-corrected chi connectivity index (χ4v) is 5.17. The maximum absolute atomic E-state index is 13.3. The van der Waals surface area contributed by atoms with E-state index >= 15 is 0 Å². The van der Waals surface area contributed by atoms with Crippen molar-refractivity contribution < 1.29 is 47.7 Å². The van der Waals surface area contributed by atoms with Crippen LogP contribution >= 0.6 is 11.8 Å². The number of esters is 4. The summed E-state index contributed by atoms with van der Waals surface area (Å²) in [5.41, 5.74) is 0.320. The van der Waals surface area contributed by atoms with Crippen LogP contribution in [0.3, 0.4) is 0 Å². The molecule has 2 heterocycles. The lowest BCUT2D eigenvalue weighted by Crippen LogP contribution is -2.61. The Bertz CT molecular complexity index is 1190. The molecule has 2 aliphatic heterocycles. The van der Waals surface area contributed by atoms with Gasteiger partial charge in [-0.1, -0.05) is 30.0 Å². The number of carbonyl (C=O) groups is 5. The predicted octanol–water partition coefficient (Wildman–Crippen LogP) is 2.50. The number of ether oxygens (including phenoxy) is 5. The van der Waals surface area contributed by atoms with Gasteiger partial charge in [-0.3, -0.25) is 28.9 Å². The number of benzene rings is 1. The predicted molar refractivity (Wildman–Crippen MR) is 139 cm³/mol. The maximum atomic E-state index is 13.3. The minimum absolute atomic E-state index is 0.211. The smallest absolute Gasteiger partial charge is 0.303 e. The third-order valence-corrected chi connectivity index (χ3v) is 6.56. The van der Waals surface area contributed by atoms with E-state index in [0.29, 0.717) is 11.3 Å². The van der Waals surface area contributed by atoms with E-state index in [9.17, 15) is 24.0 Å². The fraction of sp³-hybridized carbons (Fsp3) is 0.462. The van der Waals surface area contributed by atoms with Gasteiger partial charge >= 0.3 is 23.9 Å². The summed E-state index contributed by atoms with van der Waals surface area (Å²) in [5.74, 6) is -3.17. The lowest BCUT2D eigenvalue weighted by atomic mass is 9.99. The highest BCUT2D eigenvalue weighted by molar-refractivity contribution is 8.14. The zero-order valence-electron chi connectivity index (χ0n) is 22.4. The number of thioether (sulfide) groups is 1. The zero-order valence-corrected chi connectivity index (χ0v) is 23.2. The molecule has 0 aromatic heterocycles. The van der Waals surface area contributed by atoms with Crippen LogP contribution in [-0.4, -0.2) is 71.4 Å². The normalized spacial score (nSPS) is 24.5. The molecule has 1 amide bonds. The number of amides is 1. The number of amidine groups is 1. The summed E-state index contributed by atoms with van der Waals surface area (Å²) in [6.07, 6.45) is -5.01. The monoisotopic (exact) mass is 562 g/mol. The van der Waals surface area contributed by atoms with Crippen LogP contribution in [0.2, 0.25) is 0 Å². The van der Waals surface area contributed by atoms with Gasteiger partial charge in [0.1, 0.15) is 18.4 Å². The average Bonchev–Trinajstić information content (AvgIpc) is 3.17. The van der Waals surface area contributed by atoms with Gasteiger partial charge in [0.15, 0.2) is 28.9 Å². The first-order valence-electron chi connectivity index (χ1n) is 12.0. The Morgan fingerprint density at radius 3 is 1.95 bits per heavy atom. The van der Waals surface area contributed by atoms with E-state index in [1.165, 1.54) is 11.8 Å². The Labute approximate surface area is 229 Å². The summed E-state index contributed by atoms with van der Waals surface area (Å²) < 4.78 is 27.7. The molecule has 13 heteroatoms. The number of para-hydroxylation sites is 1. The standard InChI is InChI=1S/C26H30N2O10S/c1-13(2)20-24(33)28(18-10-8-7-9-11-18)26(27-20)39-25-23(37-17(6)32)22(36-16(5)31)21(35-15(4)30)19(38-25)12-34-14(3)29/h7-11,19,21-23,25H,12H2,1-6H3/t19-,21-,22-,23+,25+/m0/s1. The average molecular weight is 563 g/mol. The minimum Gasteiger partial charge on any atom is -0.463 e. The van der Waals surface area contributed by atoms with Gasteiger partial charge in [-0.25, -0.2) is 4.99 Å². The maximum Gasteiger partial charge on any atom is 0.303 e. The molecule has 1 aromatic rings. The molecule has 0 spiro atoms. The second-order valence-corrected chi connectivity index (χ2v) is 9.97. The Morgan fingerprint density at radius 1 is 0.846 bits per heavy atom. The zero-order chi connectivity index (χ0) is 28.9. The largest absolute Gasteiger partial charge is 0.463 e. The van der Waals surface area contributed by atoms with Crippen molar-refractivity contribution in [2.75, 3.05) is 11.5 Å². The summed E-state index contributed by atoms with van der Waals surface area (Å²) in [7, 11) is 0. The Hall–Kier alpha value is -3.71. The van der Waals surface area contributed by atoms with Crippen LogP contribution in [0.5, 0.6) is 0 Å². The second-order valence-electron chi connectivity index (χ2n) is 8.90. The Kier molecular flexibility index (Phi) is 9.86. The van der Waals surface area contributed by atoms with E-state index in [2.05, 4.69) is 4.99 Å². The van der Waals surface area contributed by atoms with E-state index in [0.717, 1.165) is 32.5 Å². The van der Waals surface area contributed by atoms with Gasteiger partial charge in [-0.2, -0.15) is 0 Å². The van der Waals surface area contributed by atoms with Crippen molar-refractivity contribution in [3.63, 3.8) is 0 Å². The summed E-state index contributed by atoms with van der Waals surface area (Å²) in [4.78, 5) is 66.9. The first-order valence-corrected chi connectivity index (χ1v) is 12.9. The highest BCUT2D eigenvalue weighted by Crippen LogP contribution is 2.38. The van der Waals surface area contributed by atoms with Crippen molar-refractivity contribution in [2.24, 2.45) is 4.99 Å². The summed E-state index contributed by atoms with van der Waals surface area (Å²) in [5, 5.41) is 0.211. The van der Waals surface area contributed by atoms with E-state index in [-0.39, 0.29) is 23.4 Å². The molecule has 5 atom stereocenters. The highest BCUT2D eigenvalue weighted by Gasteiger charge is 2.53. The first kappa shape index (κ1) is 29.8.